The molecule has 1 aromatic heterocycles. The number of halogens is 2. The van der Waals surface area contributed by atoms with Gasteiger partial charge < -0.3 is 10.2 Å². The fraction of sp³-hybridized carbons (Fsp3) is 0.375. The van der Waals surface area contributed by atoms with Crippen LogP contribution in [0.1, 0.15) is 5.56 Å². The van der Waals surface area contributed by atoms with Crippen LogP contribution in [-0.2, 0) is 11.3 Å². The predicted molar refractivity (Wildman–Crippen MR) is 89.0 cm³/mol. The van der Waals surface area contributed by atoms with Crippen LogP contribution in [0.15, 0.2) is 29.8 Å². The summed E-state index contributed by atoms with van der Waals surface area (Å²) in [6, 6.07) is 3.25. The maximum absolute atomic E-state index is 13.1. The van der Waals surface area contributed by atoms with Crippen LogP contribution in [0.5, 0.6) is 0 Å². The molecule has 1 aliphatic heterocycles. The van der Waals surface area contributed by atoms with Crippen molar-refractivity contribution < 1.29 is 13.6 Å². The van der Waals surface area contributed by atoms with Crippen LogP contribution >= 0.6 is 11.3 Å². The first kappa shape index (κ1) is 16.8. The van der Waals surface area contributed by atoms with E-state index >= 15 is 0 Å². The van der Waals surface area contributed by atoms with Crippen LogP contribution in [0.3, 0.4) is 0 Å². The molecule has 0 atom stereocenters. The van der Waals surface area contributed by atoms with Gasteiger partial charge in [-0.25, -0.2) is 13.8 Å². The van der Waals surface area contributed by atoms with E-state index in [1.54, 1.807) is 17.5 Å². The van der Waals surface area contributed by atoms with Crippen molar-refractivity contribution in [1.29, 1.82) is 0 Å². The second-order valence-electron chi connectivity index (χ2n) is 5.63. The zero-order chi connectivity index (χ0) is 16.9. The zero-order valence-corrected chi connectivity index (χ0v) is 13.9. The number of carbonyl (C=O) groups excluding carboxylic acids is 1. The van der Waals surface area contributed by atoms with Crippen LogP contribution in [-0.4, -0.2) is 48.5 Å². The second-order valence-corrected chi connectivity index (χ2v) is 6.51. The molecule has 1 aliphatic rings. The van der Waals surface area contributed by atoms with Gasteiger partial charge in [-0.2, -0.15) is 0 Å². The fourth-order valence-electron chi connectivity index (χ4n) is 2.64. The van der Waals surface area contributed by atoms with Crippen molar-refractivity contribution in [3.8, 4) is 0 Å². The molecule has 0 bridgehead atoms. The molecule has 0 spiro atoms. The summed E-state index contributed by atoms with van der Waals surface area (Å²) in [7, 11) is 0. The molecule has 24 heavy (non-hydrogen) atoms. The summed E-state index contributed by atoms with van der Waals surface area (Å²) in [4.78, 5) is 20.6. The van der Waals surface area contributed by atoms with Gasteiger partial charge in [-0.15, -0.1) is 11.3 Å². The molecule has 0 aliphatic carbocycles. The largest absolute Gasteiger partial charge is 0.351 e. The SMILES string of the molecule is O=C(CN1CCN(c2nccs2)CC1)NCc1cc(F)cc(F)c1. The van der Waals surface area contributed by atoms with Crippen molar-refractivity contribution in [1.82, 2.24) is 15.2 Å². The Bertz CT molecular complexity index is 667. The smallest absolute Gasteiger partial charge is 0.234 e. The van der Waals surface area contributed by atoms with Gasteiger partial charge in [0.15, 0.2) is 5.13 Å². The van der Waals surface area contributed by atoms with Crippen LogP contribution < -0.4 is 10.2 Å². The lowest BCUT2D eigenvalue weighted by molar-refractivity contribution is -0.122. The number of thiazole rings is 1. The monoisotopic (exact) mass is 352 g/mol. The van der Waals surface area contributed by atoms with Crippen molar-refractivity contribution >= 4 is 22.4 Å². The quantitative estimate of drug-likeness (QED) is 0.892. The number of hydrogen-bond acceptors (Lipinski definition) is 5. The molecule has 8 heteroatoms. The van der Waals surface area contributed by atoms with E-state index in [2.05, 4.69) is 20.1 Å². The van der Waals surface area contributed by atoms with E-state index in [1.165, 1.54) is 12.1 Å². The first-order valence-electron chi connectivity index (χ1n) is 7.68. The Labute approximate surface area is 142 Å². The van der Waals surface area contributed by atoms with E-state index in [0.29, 0.717) is 5.56 Å². The number of anilines is 1. The number of piperazine rings is 1. The number of hydrogen-bond donors (Lipinski definition) is 1. The fourth-order valence-corrected chi connectivity index (χ4v) is 3.34. The van der Waals surface area contributed by atoms with Crippen LogP contribution in [0.2, 0.25) is 0 Å². The van der Waals surface area contributed by atoms with Crippen molar-refractivity contribution in [3.05, 3.63) is 47.0 Å². The van der Waals surface area contributed by atoms with Gasteiger partial charge in [0.1, 0.15) is 11.6 Å². The lowest BCUT2D eigenvalue weighted by Crippen LogP contribution is -2.49. The standard InChI is InChI=1S/C16H18F2N4OS/c17-13-7-12(8-14(18)9-13)10-20-15(23)11-21-2-4-22(5-3-21)16-19-1-6-24-16/h1,6-9H,2-5,10-11H2,(H,20,23). The highest BCUT2D eigenvalue weighted by Gasteiger charge is 2.20. The van der Waals surface area contributed by atoms with E-state index in [9.17, 15) is 13.6 Å². The normalized spacial score (nSPS) is 15.5. The Morgan fingerprint density at radius 3 is 2.50 bits per heavy atom. The molecule has 2 aromatic rings. The van der Waals surface area contributed by atoms with Gasteiger partial charge in [0, 0.05) is 50.4 Å². The minimum absolute atomic E-state index is 0.118. The molecule has 1 saturated heterocycles. The van der Waals surface area contributed by atoms with E-state index < -0.39 is 11.6 Å². The lowest BCUT2D eigenvalue weighted by atomic mass is 10.2. The van der Waals surface area contributed by atoms with Gasteiger partial charge in [0.05, 0.1) is 6.54 Å². The molecule has 1 aromatic carbocycles. The summed E-state index contributed by atoms with van der Waals surface area (Å²) < 4.78 is 26.2. The third-order valence-electron chi connectivity index (χ3n) is 3.84. The summed E-state index contributed by atoms with van der Waals surface area (Å²) in [6.45, 7) is 3.62. The maximum atomic E-state index is 13.1. The third-order valence-corrected chi connectivity index (χ3v) is 4.67. The second kappa shape index (κ2) is 7.67. The van der Waals surface area contributed by atoms with Gasteiger partial charge in [-0.05, 0) is 17.7 Å². The summed E-state index contributed by atoms with van der Waals surface area (Å²) in [5.41, 5.74) is 0.412. The summed E-state index contributed by atoms with van der Waals surface area (Å²) in [5.74, 6) is -1.43. The van der Waals surface area contributed by atoms with Gasteiger partial charge in [-0.3, -0.25) is 9.69 Å². The Morgan fingerprint density at radius 1 is 1.17 bits per heavy atom. The predicted octanol–water partition coefficient (Wildman–Crippen LogP) is 1.86. The summed E-state index contributed by atoms with van der Waals surface area (Å²) in [6.07, 6.45) is 1.79. The Hall–Kier alpha value is -2.06. The van der Waals surface area contributed by atoms with Crippen molar-refractivity contribution in [2.45, 2.75) is 6.54 Å². The molecule has 3 rings (SSSR count). The first-order chi connectivity index (χ1) is 11.6. The number of aromatic nitrogens is 1. The Morgan fingerprint density at radius 2 is 1.88 bits per heavy atom. The molecule has 1 N–H and O–H groups in total. The molecular formula is C16H18F2N4OS. The van der Waals surface area contributed by atoms with E-state index in [1.807, 2.05) is 5.38 Å². The molecule has 1 amide bonds. The van der Waals surface area contributed by atoms with Gasteiger partial charge in [-0.1, -0.05) is 0 Å². The number of nitrogens with zero attached hydrogens (tertiary/aromatic N) is 3. The van der Waals surface area contributed by atoms with Crippen LogP contribution in [0.4, 0.5) is 13.9 Å². The molecule has 0 saturated carbocycles. The highest BCUT2D eigenvalue weighted by atomic mass is 32.1. The van der Waals surface area contributed by atoms with Gasteiger partial charge in [0.25, 0.3) is 0 Å². The zero-order valence-electron chi connectivity index (χ0n) is 13.0. The highest BCUT2D eigenvalue weighted by Crippen LogP contribution is 2.18. The topological polar surface area (TPSA) is 48.5 Å². The summed E-state index contributed by atoms with van der Waals surface area (Å²) >= 11 is 1.61. The average molecular weight is 352 g/mol. The molecule has 1 fully saturated rings. The minimum Gasteiger partial charge on any atom is -0.351 e. The Balaban J connectivity index is 1.42. The molecule has 5 nitrogen and oxygen atoms in total. The maximum Gasteiger partial charge on any atom is 0.234 e. The van der Waals surface area contributed by atoms with Crippen LogP contribution in [0.25, 0.3) is 0 Å². The average Bonchev–Trinajstić information content (AvgIpc) is 3.07. The van der Waals surface area contributed by atoms with Crippen LogP contribution in [0, 0.1) is 11.6 Å². The van der Waals surface area contributed by atoms with Gasteiger partial charge >= 0.3 is 0 Å². The molecule has 0 radical (unpaired) electrons. The lowest BCUT2D eigenvalue weighted by Gasteiger charge is -2.34. The number of nitrogens with one attached hydrogen (secondary N) is 1. The van der Waals surface area contributed by atoms with Crippen molar-refractivity contribution in [2.75, 3.05) is 37.6 Å². The number of benzene rings is 1. The third kappa shape index (κ3) is 4.48. The molecular weight excluding hydrogens is 334 g/mol. The Kier molecular flexibility index (Phi) is 5.37. The summed E-state index contributed by atoms with van der Waals surface area (Å²) in [5, 5.41) is 5.66. The number of rotatable bonds is 5. The van der Waals surface area contributed by atoms with Gasteiger partial charge in [0.2, 0.25) is 5.91 Å². The van der Waals surface area contributed by atoms with E-state index in [0.717, 1.165) is 37.4 Å². The first-order valence-corrected chi connectivity index (χ1v) is 8.56. The molecule has 128 valence electrons. The van der Waals surface area contributed by atoms with Crippen molar-refractivity contribution in [2.24, 2.45) is 0 Å². The molecule has 2 heterocycles. The van der Waals surface area contributed by atoms with E-state index in [4.69, 9.17) is 0 Å². The highest BCUT2D eigenvalue weighted by molar-refractivity contribution is 7.13. The number of amides is 1. The minimum atomic E-state index is -0.641. The number of carbonyl (C=O) groups is 1. The van der Waals surface area contributed by atoms with E-state index in [-0.39, 0.29) is 19.0 Å². The van der Waals surface area contributed by atoms with Crippen molar-refractivity contribution in [3.63, 3.8) is 0 Å². The molecule has 0 unspecified atom stereocenters.